The molecular formula is C21H27N3O2. The van der Waals surface area contributed by atoms with Crippen LogP contribution in [-0.4, -0.2) is 36.0 Å². The van der Waals surface area contributed by atoms with Crippen LogP contribution < -0.4 is 10.1 Å². The van der Waals surface area contributed by atoms with E-state index in [1.807, 2.05) is 42.6 Å². The Balaban J connectivity index is 1.51. The molecule has 1 N–H and O–H groups in total. The zero-order valence-corrected chi connectivity index (χ0v) is 15.4. The number of amides is 1. The second-order valence-corrected chi connectivity index (χ2v) is 6.64. The van der Waals surface area contributed by atoms with Crippen LogP contribution >= 0.6 is 0 Å². The maximum Gasteiger partial charge on any atom is 0.221 e. The fourth-order valence-corrected chi connectivity index (χ4v) is 3.54. The summed E-state index contributed by atoms with van der Waals surface area (Å²) >= 11 is 0. The number of rotatable bonds is 7. The molecule has 1 aliphatic rings. The highest BCUT2D eigenvalue weighted by Crippen LogP contribution is 2.29. The maximum atomic E-state index is 12.3. The molecule has 1 amide bonds. The van der Waals surface area contributed by atoms with Crippen molar-refractivity contribution in [1.82, 2.24) is 15.2 Å². The Bertz CT molecular complexity index is 705. The summed E-state index contributed by atoms with van der Waals surface area (Å²) in [4.78, 5) is 19.2. The van der Waals surface area contributed by atoms with E-state index in [1.54, 1.807) is 7.11 Å². The molecule has 5 nitrogen and oxygen atoms in total. The molecule has 1 fully saturated rings. The van der Waals surface area contributed by atoms with Crippen LogP contribution in [0.2, 0.25) is 0 Å². The van der Waals surface area contributed by atoms with Gasteiger partial charge in [0.15, 0.2) is 0 Å². The number of nitrogens with zero attached hydrogens (tertiary/aromatic N) is 2. The molecule has 1 saturated heterocycles. The first-order valence-corrected chi connectivity index (χ1v) is 9.31. The Morgan fingerprint density at radius 3 is 2.88 bits per heavy atom. The first kappa shape index (κ1) is 18.4. The zero-order valence-electron chi connectivity index (χ0n) is 15.4. The minimum absolute atomic E-state index is 0.0706. The van der Waals surface area contributed by atoms with Gasteiger partial charge in [-0.1, -0.05) is 30.7 Å². The molecule has 1 aliphatic heterocycles. The molecule has 1 aromatic carbocycles. The lowest BCUT2D eigenvalue weighted by atomic mass is 9.98. The van der Waals surface area contributed by atoms with E-state index in [0.29, 0.717) is 19.0 Å². The minimum Gasteiger partial charge on any atom is -0.496 e. The van der Waals surface area contributed by atoms with E-state index in [-0.39, 0.29) is 5.91 Å². The smallest absolute Gasteiger partial charge is 0.221 e. The van der Waals surface area contributed by atoms with Crippen molar-refractivity contribution < 1.29 is 9.53 Å². The molecular weight excluding hydrogens is 326 g/mol. The molecule has 3 rings (SSSR count). The lowest BCUT2D eigenvalue weighted by Gasteiger charge is -2.35. The highest BCUT2D eigenvalue weighted by Gasteiger charge is 2.24. The third kappa shape index (κ3) is 4.82. The van der Waals surface area contributed by atoms with Crippen molar-refractivity contribution >= 4 is 5.91 Å². The van der Waals surface area contributed by atoms with Gasteiger partial charge in [-0.2, -0.15) is 0 Å². The van der Waals surface area contributed by atoms with Crippen LogP contribution in [0.4, 0.5) is 0 Å². The predicted octanol–water partition coefficient (Wildman–Crippen LogP) is 3.32. The Morgan fingerprint density at radius 1 is 1.23 bits per heavy atom. The summed E-state index contributed by atoms with van der Waals surface area (Å²) in [7, 11) is 1.65. The van der Waals surface area contributed by atoms with Gasteiger partial charge < -0.3 is 10.1 Å². The average molecular weight is 353 g/mol. The lowest BCUT2D eigenvalue weighted by Crippen LogP contribution is -2.37. The normalized spacial score (nSPS) is 17.7. The second-order valence-electron chi connectivity index (χ2n) is 6.64. The van der Waals surface area contributed by atoms with Crippen molar-refractivity contribution in [2.75, 3.05) is 20.2 Å². The van der Waals surface area contributed by atoms with E-state index in [1.165, 1.54) is 12.8 Å². The van der Waals surface area contributed by atoms with Crippen molar-refractivity contribution in [3.8, 4) is 5.75 Å². The number of carbonyl (C=O) groups is 1. The summed E-state index contributed by atoms with van der Waals surface area (Å²) in [6.45, 7) is 2.28. The van der Waals surface area contributed by atoms with E-state index >= 15 is 0 Å². The van der Waals surface area contributed by atoms with E-state index < -0.39 is 0 Å². The number of methoxy groups -OCH3 is 1. The molecule has 2 heterocycles. The van der Waals surface area contributed by atoms with Gasteiger partial charge in [-0.25, -0.2) is 0 Å². The highest BCUT2D eigenvalue weighted by atomic mass is 16.5. The molecule has 0 aliphatic carbocycles. The molecule has 2 aromatic rings. The Labute approximate surface area is 155 Å². The van der Waals surface area contributed by atoms with Crippen LogP contribution in [0.25, 0.3) is 0 Å². The molecule has 0 radical (unpaired) electrons. The van der Waals surface area contributed by atoms with Crippen molar-refractivity contribution in [3.05, 3.63) is 59.9 Å². The van der Waals surface area contributed by atoms with E-state index in [9.17, 15) is 4.79 Å². The molecule has 0 bridgehead atoms. The minimum atomic E-state index is 0.0706. The number of hydrogen-bond acceptors (Lipinski definition) is 4. The summed E-state index contributed by atoms with van der Waals surface area (Å²) in [5, 5.41) is 3.01. The van der Waals surface area contributed by atoms with Gasteiger partial charge in [0.2, 0.25) is 5.91 Å². The zero-order chi connectivity index (χ0) is 18.2. The standard InChI is InChI=1S/C21H27N3O2/c1-26-20-11-3-2-8-17(20)16-23-21(25)12-15-24-14-7-5-10-19(24)18-9-4-6-13-22-18/h2-4,6,8-9,11,13,19H,5,7,10,12,14-16H2,1H3,(H,23,25)/t19-/m1/s1. The van der Waals surface area contributed by atoms with E-state index in [4.69, 9.17) is 4.74 Å². The first-order valence-electron chi connectivity index (χ1n) is 9.31. The summed E-state index contributed by atoms with van der Waals surface area (Å²) in [6, 6.07) is 14.2. The predicted molar refractivity (Wildman–Crippen MR) is 102 cm³/mol. The van der Waals surface area contributed by atoms with Crippen LogP contribution in [-0.2, 0) is 11.3 Å². The van der Waals surface area contributed by atoms with Gasteiger partial charge in [-0.05, 0) is 37.6 Å². The molecule has 0 unspecified atom stereocenters. The van der Waals surface area contributed by atoms with Crippen molar-refractivity contribution in [1.29, 1.82) is 0 Å². The number of ether oxygens (including phenoxy) is 1. The average Bonchev–Trinajstić information content (AvgIpc) is 2.71. The summed E-state index contributed by atoms with van der Waals surface area (Å²) in [6.07, 6.45) is 5.87. The topological polar surface area (TPSA) is 54.5 Å². The number of piperidine rings is 1. The van der Waals surface area contributed by atoms with Gasteiger partial charge >= 0.3 is 0 Å². The quantitative estimate of drug-likeness (QED) is 0.830. The Morgan fingerprint density at radius 2 is 2.08 bits per heavy atom. The summed E-state index contributed by atoms with van der Waals surface area (Å²) < 4.78 is 5.33. The van der Waals surface area contributed by atoms with Gasteiger partial charge in [0.05, 0.1) is 18.8 Å². The number of para-hydroxylation sites is 1. The molecule has 26 heavy (non-hydrogen) atoms. The maximum absolute atomic E-state index is 12.3. The molecule has 5 heteroatoms. The monoisotopic (exact) mass is 353 g/mol. The second kappa shape index (κ2) is 9.34. The SMILES string of the molecule is COc1ccccc1CNC(=O)CCN1CCCC[C@@H]1c1ccccn1. The summed E-state index contributed by atoms with van der Waals surface area (Å²) in [5.41, 5.74) is 2.11. The fraction of sp³-hybridized carbons (Fsp3) is 0.429. The van der Waals surface area contributed by atoms with Gasteiger partial charge in [0.1, 0.15) is 5.75 Å². The van der Waals surface area contributed by atoms with Gasteiger partial charge in [0, 0.05) is 31.3 Å². The number of carbonyl (C=O) groups excluding carboxylic acids is 1. The largest absolute Gasteiger partial charge is 0.496 e. The van der Waals surface area contributed by atoms with Gasteiger partial charge in [-0.15, -0.1) is 0 Å². The summed E-state index contributed by atoms with van der Waals surface area (Å²) in [5.74, 6) is 0.875. The number of hydrogen-bond donors (Lipinski definition) is 1. The molecule has 0 saturated carbocycles. The van der Waals surface area contributed by atoms with Crippen LogP contribution in [0.15, 0.2) is 48.7 Å². The Kier molecular flexibility index (Phi) is 6.61. The third-order valence-electron chi connectivity index (χ3n) is 4.94. The number of aromatic nitrogens is 1. The molecule has 138 valence electrons. The number of nitrogens with one attached hydrogen (secondary N) is 1. The van der Waals surface area contributed by atoms with E-state index in [0.717, 1.165) is 36.5 Å². The third-order valence-corrected chi connectivity index (χ3v) is 4.94. The van der Waals surface area contributed by atoms with Crippen LogP contribution in [0, 0.1) is 0 Å². The molecule has 1 atom stereocenters. The van der Waals surface area contributed by atoms with Crippen molar-refractivity contribution in [3.63, 3.8) is 0 Å². The van der Waals surface area contributed by atoms with Crippen molar-refractivity contribution in [2.24, 2.45) is 0 Å². The van der Waals surface area contributed by atoms with Crippen molar-refractivity contribution in [2.45, 2.75) is 38.3 Å². The molecule has 1 aromatic heterocycles. The van der Waals surface area contributed by atoms with Crippen LogP contribution in [0.5, 0.6) is 5.75 Å². The number of likely N-dealkylation sites (tertiary alicyclic amines) is 1. The Hall–Kier alpha value is -2.40. The molecule has 0 spiro atoms. The number of pyridine rings is 1. The highest BCUT2D eigenvalue weighted by molar-refractivity contribution is 5.76. The first-order chi connectivity index (χ1) is 12.8. The van der Waals surface area contributed by atoms with Crippen LogP contribution in [0.3, 0.4) is 0 Å². The number of benzene rings is 1. The van der Waals surface area contributed by atoms with Gasteiger partial charge in [0.25, 0.3) is 0 Å². The lowest BCUT2D eigenvalue weighted by molar-refractivity contribution is -0.121. The van der Waals surface area contributed by atoms with Gasteiger partial charge in [-0.3, -0.25) is 14.7 Å². The van der Waals surface area contributed by atoms with E-state index in [2.05, 4.69) is 21.3 Å². The fourth-order valence-electron chi connectivity index (χ4n) is 3.54. The van der Waals surface area contributed by atoms with Crippen LogP contribution in [0.1, 0.15) is 43.0 Å².